The second kappa shape index (κ2) is 8.58. The standard InChI is InChI=1S/C26H20N2O2S/c29-25(28-23-10-5-4-9-21(23)26-27-14-15-30-26)20-13-12-19(24-11-6-16-31-24)17-22(20)18-7-2-1-3-8-18/h1-13,16-17H,14-15H2,(H,28,29). The Bertz CT molecular complexity index is 1250. The first-order valence-electron chi connectivity index (χ1n) is 10.1. The van der Waals surface area contributed by atoms with Gasteiger partial charge in [0.25, 0.3) is 5.91 Å². The number of rotatable bonds is 5. The van der Waals surface area contributed by atoms with E-state index in [1.54, 1.807) is 11.3 Å². The van der Waals surface area contributed by atoms with Crippen LogP contribution in [-0.2, 0) is 4.74 Å². The van der Waals surface area contributed by atoms with Crippen molar-refractivity contribution in [2.24, 2.45) is 4.99 Å². The largest absolute Gasteiger partial charge is 0.475 e. The number of ether oxygens (including phenoxy) is 1. The molecule has 0 unspecified atom stereocenters. The van der Waals surface area contributed by atoms with Crippen molar-refractivity contribution in [3.05, 3.63) is 101 Å². The van der Waals surface area contributed by atoms with Gasteiger partial charge in [-0.15, -0.1) is 11.3 Å². The van der Waals surface area contributed by atoms with E-state index in [0.717, 1.165) is 22.3 Å². The molecule has 2 heterocycles. The van der Waals surface area contributed by atoms with Crippen molar-refractivity contribution < 1.29 is 9.53 Å². The maximum atomic E-state index is 13.4. The molecule has 3 aromatic carbocycles. The topological polar surface area (TPSA) is 50.7 Å². The zero-order valence-corrected chi connectivity index (χ0v) is 17.6. The molecule has 1 N–H and O–H groups in total. The normalized spacial score (nSPS) is 12.8. The van der Waals surface area contributed by atoms with Crippen LogP contribution in [0.1, 0.15) is 15.9 Å². The predicted molar refractivity (Wildman–Crippen MR) is 127 cm³/mol. The number of nitrogens with one attached hydrogen (secondary N) is 1. The van der Waals surface area contributed by atoms with Gasteiger partial charge in [0, 0.05) is 10.4 Å². The van der Waals surface area contributed by atoms with Gasteiger partial charge in [-0.25, -0.2) is 4.99 Å². The summed E-state index contributed by atoms with van der Waals surface area (Å²) in [6.45, 7) is 1.21. The monoisotopic (exact) mass is 424 g/mol. The van der Waals surface area contributed by atoms with Gasteiger partial charge < -0.3 is 10.1 Å². The Labute approximate surface area is 184 Å². The highest BCUT2D eigenvalue weighted by atomic mass is 32.1. The van der Waals surface area contributed by atoms with Gasteiger partial charge in [-0.2, -0.15) is 0 Å². The second-order valence-electron chi connectivity index (χ2n) is 7.14. The third-order valence-electron chi connectivity index (χ3n) is 5.15. The Balaban J connectivity index is 1.54. The van der Waals surface area contributed by atoms with Crippen LogP contribution in [-0.4, -0.2) is 25.0 Å². The van der Waals surface area contributed by atoms with Crippen molar-refractivity contribution in [2.45, 2.75) is 0 Å². The molecule has 1 aromatic heterocycles. The van der Waals surface area contributed by atoms with E-state index in [9.17, 15) is 4.79 Å². The number of nitrogens with zero attached hydrogens (tertiary/aromatic N) is 1. The molecular formula is C26H20N2O2S. The quantitative estimate of drug-likeness (QED) is 0.420. The molecule has 1 amide bonds. The van der Waals surface area contributed by atoms with Crippen molar-refractivity contribution in [1.82, 2.24) is 0 Å². The molecule has 4 aromatic rings. The Morgan fingerprint density at radius 1 is 0.871 bits per heavy atom. The molecular weight excluding hydrogens is 404 g/mol. The maximum Gasteiger partial charge on any atom is 0.256 e. The molecule has 1 aliphatic rings. The van der Waals surface area contributed by atoms with Crippen LogP contribution in [0.4, 0.5) is 5.69 Å². The molecule has 0 bridgehead atoms. The summed E-state index contributed by atoms with van der Waals surface area (Å²) in [7, 11) is 0. The SMILES string of the molecule is O=C(Nc1ccccc1C1=NCCO1)c1ccc(-c2cccs2)cc1-c1ccccc1. The second-order valence-corrected chi connectivity index (χ2v) is 8.09. The summed E-state index contributed by atoms with van der Waals surface area (Å²) in [5.74, 6) is 0.412. The van der Waals surface area contributed by atoms with Gasteiger partial charge in [-0.3, -0.25) is 4.79 Å². The molecule has 152 valence electrons. The number of anilines is 1. The number of amides is 1. The molecule has 5 rings (SSSR count). The Kier molecular flexibility index (Phi) is 5.33. The van der Waals surface area contributed by atoms with Gasteiger partial charge in [0.05, 0.1) is 17.8 Å². The van der Waals surface area contributed by atoms with Gasteiger partial charge in [0.2, 0.25) is 5.90 Å². The number of hydrogen-bond donors (Lipinski definition) is 1. The Hall–Kier alpha value is -3.70. The Morgan fingerprint density at radius 3 is 2.48 bits per heavy atom. The van der Waals surface area contributed by atoms with E-state index < -0.39 is 0 Å². The number of carbonyl (C=O) groups is 1. The van der Waals surface area contributed by atoms with Crippen LogP contribution in [0.15, 0.2) is 95.3 Å². The summed E-state index contributed by atoms with van der Waals surface area (Å²) in [5.41, 5.74) is 5.10. The highest BCUT2D eigenvalue weighted by Crippen LogP contribution is 2.32. The van der Waals surface area contributed by atoms with Crippen LogP contribution in [0.3, 0.4) is 0 Å². The van der Waals surface area contributed by atoms with E-state index in [0.29, 0.717) is 30.3 Å². The average Bonchev–Trinajstić information content (AvgIpc) is 3.54. The highest BCUT2D eigenvalue weighted by Gasteiger charge is 2.19. The lowest BCUT2D eigenvalue weighted by Crippen LogP contribution is -2.16. The van der Waals surface area contributed by atoms with E-state index in [1.807, 2.05) is 72.8 Å². The van der Waals surface area contributed by atoms with Gasteiger partial charge in [-0.05, 0) is 52.4 Å². The fourth-order valence-corrected chi connectivity index (χ4v) is 4.39. The molecule has 5 heteroatoms. The summed E-state index contributed by atoms with van der Waals surface area (Å²) in [5, 5.41) is 5.13. The molecule has 0 fully saturated rings. The molecule has 31 heavy (non-hydrogen) atoms. The van der Waals surface area contributed by atoms with Gasteiger partial charge in [-0.1, -0.05) is 54.6 Å². The van der Waals surface area contributed by atoms with Crippen LogP contribution in [0.5, 0.6) is 0 Å². The van der Waals surface area contributed by atoms with E-state index in [-0.39, 0.29) is 5.91 Å². The van der Waals surface area contributed by atoms with E-state index in [1.165, 1.54) is 4.88 Å². The minimum Gasteiger partial charge on any atom is -0.475 e. The zero-order valence-electron chi connectivity index (χ0n) is 16.7. The van der Waals surface area contributed by atoms with Gasteiger partial charge in [0.15, 0.2) is 0 Å². The average molecular weight is 425 g/mol. The summed E-state index contributed by atoms with van der Waals surface area (Å²) in [6.07, 6.45) is 0. The number of benzene rings is 3. The first-order chi connectivity index (χ1) is 15.3. The highest BCUT2D eigenvalue weighted by molar-refractivity contribution is 7.13. The number of aliphatic imine (C=N–C) groups is 1. The summed E-state index contributed by atoms with van der Waals surface area (Å²) in [6, 6.07) is 27.7. The minimum atomic E-state index is -0.164. The molecule has 0 radical (unpaired) electrons. The summed E-state index contributed by atoms with van der Waals surface area (Å²) >= 11 is 1.69. The zero-order chi connectivity index (χ0) is 21.0. The third-order valence-corrected chi connectivity index (χ3v) is 6.06. The maximum absolute atomic E-state index is 13.4. The summed E-state index contributed by atoms with van der Waals surface area (Å²) < 4.78 is 5.62. The van der Waals surface area contributed by atoms with Crippen LogP contribution >= 0.6 is 11.3 Å². The lowest BCUT2D eigenvalue weighted by Gasteiger charge is -2.14. The fourth-order valence-electron chi connectivity index (χ4n) is 3.66. The molecule has 1 aliphatic heterocycles. The molecule has 4 nitrogen and oxygen atoms in total. The van der Waals surface area contributed by atoms with Crippen molar-refractivity contribution in [3.63, 3.8) is 0 Å². The van der Waals surface area contributed by atoms with Crippen molar-refractivity contribution >= 4 is 28.8 Å². The van der Waals surface area contributed by atoms with E-state index in [4.69, 9.17) is 4.74 Å². The Morgan fingerprint density at radius 2 is 1.71 bits per heavy atom. The lowest BCUT2D eigenvalue weighted by molar-refractivity contribution is 0.102. The smallest absolute Gasteiger partial charge is 0.256 e. The number of carbonyl (C=O) groups excluding carboxylic acids is 1. The molecule has 0 saturated carbocycles. The predicted octanol–water partition coefficient (Wildman–Crippen LogP) is 6.11. The molecule has 0 aliphatic carbocycles. The third kappa shape index (κ3) is 4.00. The van der Waals surface area contributed by atoms with E-state index in [2.05, 4.69) is 27.8 Å². The first-order valence-corrected chi connectivity index (χ1v) is 11.0. The number of hydrogen-bond acceptors (Lipinski definition) is 4. The van der Waals surface area contributed by atoms with Crippen LogP contribution in [0, 0.1) is 0 Å². The van der Waals surface area contributed by atoms with Gasteiger partial charge >= 0.3 is 0 Å². The van der Waals surface area contributed by atoms with Crippen LogP contribution in [0.2, 0.25) is 0 Å². The number of para-hydroxylation sites is 1. The van der Waals surface area contributed by atoms with Crippen LogP contribution in [0.25, 0.3) is 21.6 Å². The first kappa shape index (κ1) is 19.3. The van der Waals surface area contributed by atoms with Crippen molar-refractivity contribution in [3.8, 4) is 21.6 Å². The summed E-state index contributed by atoms with van der Waals surface area (Å²) in [4.78, 5) is 19.0. The number of thiophene rings is 1. The molecule has 0 saturated heterocycles. The lowest BCUT2D eigenvalue weighted by atomic mass is 9.96. The molecule has 0 atom stereocenters. The molecule has 0 spiro atoms. The van der Waals surface area contributed by atoms with Gasteiger partial charge in [0.1, 0.15) is 6.61 Å². The van der Waals surface area contributed by atoms with Crippen LogP contribution < -0.4 is 5.32 Å². The fraction of sp³-hybridized carbons (Fsp3) is 0.0769. The minimum absolute atomic E-state index is 0.164. The van der Waals surface area contributed by atoms with E-state index >= 15 is 0 Å². The van der Waals surface area contributed by atoms with Crippen molar-refractivity contribution in [1.29, 1.82) is 0 Å². The van der Waals surface area contributed by atoms with Crippen molar-refractivity contribution in [2.75, 3.05) is 18.5 Å².